The molecule has 3 rings (SSSR count). The number of benzene rings is 2. The van der Waals surface area contributed by atoms with Crippen LogP contribution in [0.15, 0.2) is 42.5 Å². The number of aryl methyl sites for hydroxylation is 3. The second kappa shape index (κ2) is 12.0. The summed E-state index contributed by atoms with van der Waals surface area (Å²) < 4.78 is 5.38. The van der Waals surface area contributed by atoms with Crippen LogP contribution in [0.5, 0.6) is 0 Å². The number of carbonyl (C=O) groups excluding carboxylic acids is 3. The fraction of sp³-hybridized carbons (Fsp3) is 0.483. The Morgan fingerprint density at radius 3 is 2.11 bits per heavy atom. The molecule has 7 nitrogen and oxygen atoms in total. The van der Waals surface area contributed by atoms with Crippen LogP contribution in [0.1, 0.15) is 68.3 Å². The Hall–Kier alpha value is -3.00. The third-order valence-electron chi connectivity index (χ3n) is 6.63. The monoisotopic (exact) mass is 525 g/mol. The van der Waals surface area contributed by atoms with E-state index in [4.69, 9.17) is 4.74 Å². The Bertz CT molecular complexity index is 1120. The minimum Gasteiger partial charge on any atom is -0.444 e. The lowest BCUT2D eigenvalue weighted by atomic mass is 9.87. The highest BCUT2D eigenvalue weighted by Gasteiger charge is 2.42. The quantitative estimate of drug-likeness (QED) is 0.398. The van der Waals surface area contributed by atoms with Crippen LogP contribution in [-0.2, 0) is 14.3 Å². The number of nitrogens with zero attached hydrogens (tertiary/aromatic N) is 1. The summed E-state index contributed by atoms with van der Waals surface area (Å²) in [5.41, 5.74) is 3.57. The minimum absolute atomic E-state index is 0.0698. The molecule has 1 aliphatic carbocycles. The van der Waals surface area contributed by atoms with Gasteiger partial charge in [0, 0.05) is 17.5 Å². The van der Waals surface area contributed by atoms with Gasteiger partial charge in [-0.1, -0.05) is 42.5 Å². The van der Waals surface area contributed by atoms with E-state index < -0.39 is 23.8 Å². The van der Waals surface area contributed by atoms with Gasteiger partial charge in [-0.15, -0.1) is 0 Å². The first-order valence-electron chi connectivity index (χ1n) is 12.8. The van der Waals surface area contributed by atoms with Crippen molar-refractivity contribution in [2.24, 2.45) is 0 Å². The van der Waals surface area contributed by atoms with E-state index in [1.54, 1.807) is 25.7 Å². The van der Waals surface area contributed by atoms with Crippen molar-refractivity contribution in [3.8, 4) is 0 Å². The van der Waals surface area contributed by atoms with Crippen molar-refractivity contribution in [3.05, 3.63) is 64.7 Å². The Kier molecular flexibility index (Phi) is 9.29. The Morgan fingerprint density at radius 1 is 1.00 bits per heavy atom. The maximum absolute atomic E-state index is 14.1. The zero-order valence-corrected chi connectivity index (χ0v) is 23.5. The normalized spacial score (nSPS) is 15.2. The van der Waals surface area contributed by atoms with Gasteiger partial charge >= 0.3 is 6.09 Å². The van der Waals surface area contributed by atoms with Crippen LogP contribution in [0.3, 0.4) is 0 Å². The molecular formula is C29H39N3O4S. The molecular weight excluding hydrogens is 486 g/mol. The number of nitrogens with one attached hydrogen (secondary N) is 2. The van der Waals surface area contributed by atoms with Crippen LogP contribution < -0.4 is 10.6 Å². The van der Waals surface area contributed by atoms with E-state index >= 15 is 0 Å². The molecule has 0 saturated heterocycles. The summed E-state index contributed by atoms with van der Waals surface area (Å²) in [5.74, 6) is -0.571. The Morgan fingerprint density at radius 2 is 1.59 bits per heavy atom. The van der Waals surface area contributed by atoms with Gasteiger partial charge in [0.2, 0.25) is 5.91 Å². The predicted octanol–water partition coefficient (Wildman–Crippen LogP) is 5.50. The second-order valence-corrected chi connectivity index (χ2v) is 11.1. The predicted molar refractivity (Wildman–Crippen MR) is 150 cm³/mol. The zero-order chi connectivity index (χ0) is 27.3. The Balaban J connectivity index is 2.02. The molecule has 2 aromatic carbocycles. The van der Waals surface area contributed by atoms with Gasteiger partial charge in [0.05, 0.1) is 0 Å². The summed E-state index contributed by atoms with van der Waals surface area (Å²) in [6, 6.07) is 11.5. The largest absolute Gasteiger partial charge is 0.444 e. The van der Waals surface area contributed by atoms with Crippen molar-refractivity contribution in [2.75, 3.05) is 11.1 Å². The molecule has 2 aromatic rings. The van der Waals surface area contributed by atoms with Crippen LogP contribution in [-0.4, -0.2) is 46.2 Å². The van der Waals surface area contributed by atoms with Gasteiger partial charge in [0.15, 0.2) is 0 Å². The van der Waals surface area contributed by atoms with Crippen molar-refractivity contribution in [2.45, 2.75) is 84.5 Å². The number of hydrogen-bond acceptors (Lipinski definition) is 5. The molecule has 1 fully saturated rings. The average molecular weight is 526 g/mol. The first-order valence-corrected chi connectivity index (χ1v) is 13.4. The minimum atomic E-state index is -0.946. The van der Waals surface area contributed by atoms with Crippen molar-refractivity contribution < 1.29 is 19.1 Å². The molecule has 1 saturated carbocycles. The zero-order valence-electron chi connectivity index (χ0n) is 22.6. The van der Waals surface area contributed by atoms with Gasteiger partial charge < -0.3 is 20.3 Å². The highest BCUT2D eigenvalue weighted by molar-refractivity contribution is 7.80. The molecule has 0 aromatic heterocycles. The summed E-state index contributed by atoms with van der Waals surface area (Å²) in [7, 11) is 0. The fourth-order valence-corrected chi connectivity index (χ4v) is 4.76. The third kappa shape index (κ3) is 7.06. The van der Waals surface area contributed by atoms with Crippen LogP contribution in [0, 0.1) is 20.8 Å². The van der Waals surface area contributed by atoms with Crippen molar-refractivity contribution in [1.82, 2.24) is 10.2 Å². The molecule has 37 heavy (non-hydrogen) atoms. The molecule has 0 aliphatic heterocycles. The van der Waals surface area contributed by atoms with Crippen molar-refractivity contribution in [1.29, 1.82) is 0 Å². The van der Waals surface area contributed by atoms with Gasteiger partial charge in [-0.05, 0) is 83.1 Å². The Labute approximate surface area is 225 Å². The summed E-state index contributed by atoms with van der Waals surface area (Å²) >= 11 is 4.37. The summed E-state index contributed by atoms with van der Waals surface area (Å²) in [6.07, 6.45) is 1.85. The molecule has 1 aliphatic rings. The topological polar surface area (TPSA) is 87.7 Å². The van der Waals surface area contributed by atoms with Crippen LogP contribution >= 0.6 is 12.6 Å². The number of amides is 3. The SMILES string of the molecule is Cc1ccccc1C(C(=O)Nc1c(C)cccc1C)N(C(=O)C(CS)NC(=O)OC(C)(C)C)C1CCC1. The van der Waals surface area contributed by atoms with Crippen LogP contribution in [0.4, 0.5) is 10.5 Å². The average Bonchev–Trinajstić information content (AvgIpc) is 2.78. The number of carbonyl (C=O) groups is 3. The highest BCUT2D eigenvalue weighted by Crippen LogP contribution is 2.36. The van der Waals surface area contributed by atoms with E-state index in [2.05, 4.69) is 23.3 Å². The first kappa shape index (κ1) is 28.6. The first-order chi connectivity index (χ1) is 17.4. The van der Waals surface area contributed by atoms with E-state index in [1.165, 1.54) is 0 Å². The van der Waals surface area contributed by atoms with E-state index in [1.807, 2.05) is 63.2 Å². The fourth-order valence-electron chi connectivity index (χ4n) is 4.51. The molecule has 200 valence electrons. The molecule has 3 amide bonds. The molecule has 2 N–H and O–H groups in total. The molecule has 0 spiro atoms. The van der Waals surface area contributed by atoms with E-state index in [0.717, 1.165) is 47.2 Å². The number of ether oxygens (including phenoxy) is 1. The maximum Gasteiger partial charge on any atom is 0.408 e. The maximum atomic E-state index is 14.1. The van der Waals surface area contributed by atoms with Gasteiger partial charge in [0.25, 0.3) is 5.91 Å². The smallest absolute Gasteiger partial charge is 0.408 e. The van der Waals surface area contributed by atoms with E-state index in [-0.39, 0.29) is 23.6 Å². The van der Waals surface area contributed by atoms with Crippen molar-refractivity contribution >= 4 is 36.2 Å². The van der Waals surface area contributed by atoms with E-state index in [0.29, 0.717) is 0 Å². The lowest BCUT2D eigenvalue weighted by Gasteiger charge is -2.43. The van der Waals surface area contributed by atoms with Gasteiger partial charge in [-0.3, -0.25) is 9.59 Å². The van der Waals surface area contributed by atoms with Crippen LogP contribution in [0.25, 0.3) is 0 Å². The standard InChI is InChI=1S/C29H39N3O4S/c1-18-11-7-8-16-22(18)25(26(33)31-24-19(2)12-9-13-20(24)3)32(21-14-10-15-21)27(34)23(17-37)30-28(35)36-29(4,5)6/h7-9,11-13,16,21,23,25,37H,10,14-15,17H2,1-6H3,(H,30,35)(H,31,33). The molecule has 8 heteroatoms. The molecule has 0 radical (unpaired) electrons. The lowest BCUT2D eigenvalue weighted by Crippen LogP contribution is -2.57. The third-order valence-corrected chi connectivity index (χ3v) is 7.00. The lowest BCUT2D eigenvalue weighted by molar-refractivity contribution is -0.145. The molecule has 2 atom stereocenters. The van der Waals surface area contributed by atoms with Crippen LogP contribution in [0.2, 0.25) is 0 Å². The number of thiol groups is 1. The highest BCUT2D eigenvalue weighted by atomic mass is 32.1. The van der Waals surface area contributed by atoms with Gasteiger partial charge in [-0.2, -0.15) is 12.6 Å². The van der Waals surface area contributed by atoms with E-state index in [9.17, 15) is 14.4 Å². The molecule has 2 unspecified atom stereocenters. The summed E-state index contributed by atoms with van der Waals surface area (Å²) in [6.45, 7) is 11.1. The summed E-state index contributed by atoms with van der Waals surface area (Å²) in [4.78, 5) is 42.3. The number of para-hydroxylation sites is 1. The molecule has 0 heterocycles. The number of hydrogen-bond donors (Lipinski definition) is 3. The van der Waals surface area contributed by atoms with Crippen molar-refractivity contribution in [3.63, 3.8) is 0 Å². The number of alkyl carbamates (subject to hydrolysis) is 1. The second-order valence-electron chi connectivity index (χ2n) is 10.7. The number of rotatable bonds is 8. The summed E-state index contributed by atoms with van der Waals surface area (Å²) in [5, 5.41) is 5.78. The van der Waals surface area contributed by atoms with Gasteiger partial charge in [-0.25, -0.2) is 4.79 Å². The number of anilines is 1. The molecule has 0 bridgehead atoms. The van der Waals surface area contributed by atoms with Gasteiger partial charge in [0.1, 0.15) is 17.7 Å².